The number of carbonyl (C=O) groups is 2. The maximum atomic E-state index is 12.2. The molecule has 2 heterocycles. The van der Waals surface area contributed by atoms with E-state index in [-0.39, 0.29) is 11.8 Å². The molecule has 0 aromatic carbocycles. The van der Waals surface area contributed by atoms with Gasteiger partial charge in [-0.2, -0.15) is 0 Å². The van der Waals surface area contributed by atoms with E-state index in [9.17, 15) is 9.59 Å². The molecule has 5 nitrogen and oxygen atoms in total. The fraction of sp³-hybridized carbons (Fsp3) is 0.692. The van der Waals surface area contributed by atoms with Gasteiger partial charge < -0.3 is 14.5 Å². The van der Waals surface area contributed by atoms with Crippen LogP contribution in [0.15, 0.2) is 11.6 Å². The molecule has 2 aliphatic rings. The van der Waals surface area contributed by atoms with Gasteiger partial charge in [-0.1, -0.05) is 6.08 Å². The summed E-state index contributed by atoms with van der Waals surface area (Å²) >= 11 is 0. The molecule has 2 rings (SSSR count). The lowest BCUT2D eigenvalue weighted by molar-refractivity contribution is -0.132. The van der Waals surface area contributed by atoms with E-state index < -0.39 is 5.60 Å². The predicted molar refractivity (Wildman–Crippen MR) is 66.9 cm³/mol. The van der Waals surface area contributed by atoms with Crippen LogP contribution in [-0.4, -0.2) is 61.0 Å². The second-order valence-corrected chi connectivity index (χ2v) is 5.02. The van der Waals surface area contributed by atoms with Crippen LogP contribution in [0.1, 0.15) is 19.8 Å². The topological polar surface area (TPSA) is 49.9 Å². The van der Waals surface area contributed by atoms with Crippen molar-refractivity contribution < 1.29 is 14.3 Å². The Hall–Kier alpha value is -1.36. The molecule has 100 valence electrons. The summed E-state index contributed by atoms with van der Waals surface area (Å²) in [5.74, 6) is 0.0552. The molecule has 0 aliphatic carbocycles. The second kappa shape index (κ2) is 4.72. The third kappa shape index (κ3) is 2.03. The van der Waals surface area contributed by atoms with Gasteiger partial charge in [0.25, 0.3) is 5.91 Å². The fourth-order valence-electron chi connectivity index (χ4n) is 2.73. The van der Waals surface area contributed by atoms with Crippen molar-refractivity contribution in [2.75, 3.05) is 33.8 Å². The monoisotopic (exact) mass is 252 g/mol. The van der Waals surface area contributed by atoms with Crippen LogP contribution in [-0.2, 0) is 14.3 Å². The normalized spacial score (nSPS) is 28.6. The molecule has 0 saturated carbocycles. The standard InChI is InChI=1S/C13H20N2O3/c1-10(16)15-8-6-13(9-15,18-3)11-5-4-7-14(2)12(11)17/h5H,4,6-9H2,1-3H3. The third-order valence-corrected chi connectivity index (χ3v) is 3.95. The van der Waals surface area contributed by atoms with Crippen LogP contribution in [0.4, 0.5) is 0 Å². The maximum absolute atomic E-state index is 12.2. The number of hydrogen-bond donors (Lipinski definition) is 0. The first-order chi connectivity index (χ1) is 8.50. The van der Waals surface area contributed by atoms with Crippen LogP contribution in [0.5, 0.6) is 0 Å². The molecule has 0 bridgehead atoms. The Labute approximate surface area is 107 Å². The van der Waals surface area contributed by atoms with Crippen molar-refractivity contribution in [3.63, 3.8) is 0 Å². The highest BCUT2D eigenvalue weighted by Crippen LogP contribution is 2.34. The van der Waals surface area contributed by atoms with E-state index in [1.807, 2.05) is 6.08 Å². The van der Waals surface area contributed by atoms with Crippen molar-refractivity contribution >= 4 is 11.8 Å². The molecule has 2 amide bonds. The Morgan fingerprint density at radius 3 is 2.72 bits per heavy atom. The Morgan fingerprint density at radius 1 is 1.44 bits per heavy atom. The number of likely N-dealkylation sites (N-methyl/N-ethyl adjacent to an activating group) is 1. The van der Waals surface area contributed by atoms with Gasteiger partial charge in [0.15, 0.2) is 0 Å². The summed E-state index contributed by atoms with van der Waals surface area (Å²) in [6, 6.07) is 0. The third-order valence-electron chi connectivity index (χ3n) is 3.95. The van der Waals surface area contributed by atoms with Crippen LogP contribution in [0.2, 0.25) is 0 Å². The van der Waals surface area contributed by atoms with E-state index in [1.165, 1.54) is 0 Å². The molecule has 5 heteroatoms. The number of methoxy groups -OCH3 is 1. The predicted octanol–water partition coefficient (Wildman–Crippen LogP) is 0.412. The largest absolute Gasteiger partial charge is 0.371 e. The molecule has 0 radical (unpaired) electrons. The Bertz CT molecular complexity index is 405. The smallest absolute Gasteiger partial charge is 0.252 e. The Kier molecular flexibility index (Phi) is 3.43. The average molecular weight is 252 g/mol. The van der Waals surface area contributed by atoms with Gasteiger partial charge in [0.1, 0.15) is 5.60 Å². The van der Waals surface area contributed by atoms with Gasteiger partial charge >= 0.3 is 0 Å². The van der Waals surface area contributed by atoms with Crippen LogP contribution >= 0.6 is 0 Å². The minimum atomic E-state index is -0.614. The summed E-state index contributed by atoms with van der Waals surface area (Å²) in [4.78, 5) is 27.1. The van der Waals surface area contributed by atoms with Gasteiger partial charge in [-0.15, -0.1) is 0 Å². The molecule has 2 aliphatic heterocycles. The van der Waals surface area contributed by atoms with Crippen molar-refractivity contribution in [3.8, 4) is 0 Å². The SMILES string of the molecule is COC1(C2=CCCN(C)C2=O)CCN(C(C)=O)C1. The summed E-state index contributed by atoms with van der Waals surface area (Å²) < 4.78 is 5.63. The van der Waals surface area contributed by atoms with Crippen molar-refractivity contribution in [2.24, 2.45) is 0 Å². The quantitative estimate of drug-likeness (QED) is 0.715. The molecule has 0 aromatic rings. The highest BCUT2D eigenvalue weighted by molar-refractivity contribution is 5.96. The first kappa shape index (κ1) is 13.1. The molecule has 1 unspecified atom stereocenters. The lowest BCUT2D eigenvalue weighted by Gasteiger charge is -2.34. The van der Waals surface area contributed by atoms with Crippen LogP contribution < -0.4 is 0 Å². The van der Waals surface area contributed by atoms with Crippen LogP contribution in [0.25, 0.3) is 0 Å². The van der Waals surface area contributed by atoms with E-state index in [0.717, 1.165) is 13.0 Å². The molecule has 1 saturated heterocycles. The average Bonchev–Trinajstić information content (AvgIpc) is 2.78. The fourth-order valence-corrected chi connectivity index (χ4v) is 2.73. The van der Waals surface area contributed by atoms with Crippen molar-refractivity contribution in [2.45, 2.75) is 25.4 Å². The minimum Gasteiger partial charge on any atom is -0.371 e. The number of rotatable bonds is 2. The van der Waals surface area contributed by atoms with E-state index in [2.05, 4.69) is 0 Å². The highest BCUT2D eigenvalue weighted by Gasteiger charge is 2.46. The Balaban J connectivity index is 2.26. The summed E-state index contributed by atoms with van der Waals surface area (Å²) in [6.45, 7) is 3.43. The van der Waals surface area contributed by atoms with Gasteiger partial charge in [0.2, 0.25) is 5.91 Å². The number of carbonyl (C=O) groups excluding carboxylic acids is 2. The Morgan fingerprint density at radius 2 is 2.17 bits per heavy atom. The first-order valence-corrected chi connectivity index (χ1v) is 6.27. The number of hydrogen-bond acceptors (Lipinski definition) is 3. The molecule has 1 fully saturated rings. The molecular weight excluding hydrogens is 232 g/mol. The number of likely N-dealkylation sites (tertiary alicyclic amines) is 1. The lowest BCUT2D eigenvalue weighted by Crippen LogP contribution is -2.46. The van der Waals surface area contributed by atoms with Gasteiger partial charge in [0.05, 0.1) is 6.54 Å². The van der Waals surface area contributed by atoms with E-state index in [0.29, 0.717) is 25.1 Å². The second-order valence-electron chi connectivity index (χ2n) is 5.02. The number of ether oxygens (including phenoxy) is 1. The molecular formula is C13H20N2O3. The summed E-state index contributed by atoms with van der Waals surface area (Å²) in [6.07, 6.45) is 3.51. The summed E-state index contributed by atoms with van der Waals surface area (Å²) in [5.41, 5.74) is 0.0970. The van der Waals surface area contributed by atoms with Gasteiger partial charge in [-0.3, -0.25) is 9.59 Å². The van der Waals surface area contributed by atoms with Gasteiger partial charge in [-0.05, 0) is 6.42 Å². The summed E-state index contributed by atoms with van der Waals surface area (Å²) in [5, 5.41) is 0. The van der Waals surface area contributed by atoms with Gasteiger partial charge in [-0.25, -0.2) is 0 Å². The van der Waals surface area contributed by atoms with Crippen LogP contribution in [0.3, 0.4) is 0 Å². The molecule has 1 atom stereocenters. The van der Waals surface area contributed by atoms with Gasteiger partial charge in [0, 0.05) is 46.2 Å². The van der Waals surface area contributed by atoms with Crippen molar-refractivity contribution in [1.82, 2.24) is 9.80 Å². The minimum absolute atomic E-state index is 0.0218. The summed E-state index contributed by atoms with van der Waals surface area (Å²) in [7, 11) is 3.42. The molecule has 18 heavy (non-hydrogen) atoms. The molecule has 0 spiro atoms. The zero-order chi connectivity index (χ0) is 13.3. The first-order valence-electron chi connectivity index (χ1n) is 6.27. The van der Waals surface area contributed by atoms with Crippen molar-refractivity contribution in [1.29, 1.82) is 0 Å². The lowest BCUT2D eigenvalue weighted by atomic mass is 9.88. The van der Waals surface area contributed by atoms with Crippen LogP contribution in [0, 0.1) is 0 Å². The zero-order valence-corrected chi connectivity index (χ0v) is 11.2. The molecule has 0 aromatic heterocycles. The number of amides is 2. The van der Waals surface area contributed by atoms with E-state index in [4.69, 9.17) is 4.74 Å². The molecule has 0 N–H and O–H groups in total. The highest BCUT2D eigenvalue weighted by atomic mass is 16.5. The maximum Gasteiger partial charge on any atom is 0.252 e. The number of nitrogens with zero attached hydrogens (tertiary/aromatic N) is 2. The van der Waals surface area contributed by atoms with E-state index >= 15 is 0 Å². The van der Waals surface area contributed by atoms with Crippen molar-refractivity contribution in [3.05, 3.63) is 11.6 Å². The van der Waals surface area contributed by atoms with E-state index in [1.54, 1.807) is 30.9 Å². The zero-order valence-electron chi connectivity index (χ0n) is 11.2.